The average molecular weight is 321 g/mol. The lowest BCUT2D eigenvalue weighted by Crippen LogP contribution is -2.30. The van der Waals surface area contributed by atoms with Gasteiger partial charge in [-0.05, 0) is 31.5 Å². The van der Waals surface area contributed by atoms with Gasteiger partial charge in [-0.3, -0.25) is 10.2 Å². The van der Waals surface area contributed by atoms with Crippen molar-refractivity contribution >= 4 is 39.1 Å². The van der Waals surface area contributed by atoms with Gasteiger partial charge in [0.15, 0.2) is 0 Å². The van der Waals surface area contributed by atoms with Crippen molar-refractivity contribution in [2.45, 2.75) is 13.8 Å². The minimum Gasteiger partial charge on any atom is -0.322 e. The molecule has 0 fully saturated rings. The topological polar surface area (TPSA) is 72.9 Å². The van der Waals surface area contributed by atoms with Gasteiger partial charge in [0.1, 0.15) is 9.71 Å². The number of halogens is 1. The van der Waals surface area contributed by atoms with Crippen LogP contribution in [-0.4, -0.2) is 15.5 Å². The van der Waals surface area contributed by atoms with E-state index in [1.54, 1.807) is 0 Å². The smallest absolute Gasteiger partial charge is 0.277 e. The number of nitrogen functional groups attached to an aromatic ring is 1. The highest BCUT2D eigenvalue weighted by Gasteiger charge is 2.23. The summed E-state index contributed by atoms with van der Waals surface area (Å²) in [6.45, 7) is 3.79. The Morgan fingerprint density at radius 1 is 1.38 bits per heavy atom. The van der Waals surface area contributed by atoms with E-state index >= 15 is 0 Å². The molecule has 108 valence electrons. The molecule has 3 rings (SSSR count). The molecule has 3 aromatic rings. The lowest BCUT2D eigenvalue weighted by Gasteiger charge is -2.08. The van der Waals surface area contributed by atoms with E-state index in [0.29, 0.717) is 9.90 Å². The van der Waals surface area contributed by atoms with Crippen LogP contribution in [-0.2, 0) is 0 Å². The van der Waals surface area contributed by atoms with Crippen molar-refractivity contribution in [3.8, 4) is 5.69 Å². The summed E-state index contributed by atoms with van der Waals surface area (Å²) in [5, 5.41) is 1.50. The molecule has 21 heavy (non-hydrogen) atoms. The summed E-state index contributed by atoms with van der Waals surface area (Å²) in [4.78, 5) is 17.9. The predicted molar refractivity (Wildman–Crippen MR) is 85.1 cm³/mol. The zero-order valence-electron chi connectivity index (χ0n) is 11.5. The van der Waals surface area contributed by atoms with Gasteiger partial charge in [-0.2, -0.15) is 0 Å². The van der Waals surface area contributed by atoms with Crippen LogP contribution in [0, 0.1) is 13.8 Å². The highest BCUT2D eigenvalue weighted by molar-refractivity contribution is 7.21. The molecule has 0 unspecified atom stereocenters. The third-order valence-corrected chi connectivity index (χ3v) is 4.98. The van der Waals surface area contributed by atoms with E-state index in [-0.39, 0.29) is 5.91 Å². The predicted octanol–water partition coefficient (Wildman–Crippen LogP) is 2.96. The number of nitrogens with two attached hydrogens (primary N) is 1. The van der Waals surface area contributed by atoms with Crippen LogP contribution in [0.5, 0.6) is 0 Å². The van der Waals surface area contributed by atoms with Crippen LogP contribution in [0.15, 0.2) is 24.5 Å². The fraction of sp³-hybridized carbons (Fsp3) is 0.143. The molecule has 0 radical (unpaired) electrons. The van der Waals surface area contributed by atoms with E-state index in [4.69, 9.17) is 17.4 Å². The highest BCUT2D eigenvalue weighted by atomic mass is 35.5. The molecule has 3 heterocycles. The first-order valence-electron chi connectivity index (χ1n) is 6.28. The number of carbonyl (C=O) groups excluding carboxylic acids is 1. The maximum atomic E-state index is 12.1. The number of hydrogen-bond acceptors (Lipinski definition) is 4. The summed E-state index contributed by atoms with van der Waals surface area (Å²) < 4.78 is 1.88. The van der Waals surface area contributed by atoms with Crippen molar-refractivity contribution in [3.05, 3.63) is 45.7 Å². The number of thiophene rings is 1. The van der Waals surface area contributed by atoms with Crippen LogP contribution in [0.25, 0.3) is 15.9 Å². The SMILES string of the molecule is Cc1nc2sc(C(=O)NN)c(-n3cccc3)c2c(C)c1Cl. The number of pyridine rings is 1. The van der Waals surface area contributed by atoms with Crippen molar-refractivity contribution in [2.24, 2.45) is 5.84 Å². The quantitative estimate of drug-likeness (QED) is 0.433. The number of amides is 1. The molecule has 0 saturated heterocycles. The summed E-state index contributed by atoms with van der Waals surface area (Å²) in [5.41, 5.74) is 4.61. The van der Waals surface area contributed by atoms with Crippen LogP contribution in [0.2, 0.25) is 5.02 Å². The Kier molecular flexibility index (Phi) is 3.44. The first kappa shape index (κ1) is 14.1. The molecule has 0 aliphatic rings. The summed E-state index contributed by atoms with van der Waals surface area (Å²) in [5.74, 6) is 4.96. The Balaban J connectivity index is 2.45. The van der Waals surface area contributed by atoms with Gasteiger partial charge in [-0.1, -0.05) is 11.6 Å². The summed E-state index contributed by atoms with van der Waals surface area (Å²) >= 11 is 7.63. The normalized spacial score (nSPS) is 11.0. The van der Waals surface area contributed by atoms with Gasteiger partial charge in [0, 0.05) is 17.8 Å². The van der Waals surface area contributed by atoms with Crippen molar-refractivity contribution in [3.63, 3.8) is 0 Å². The minimum absolute atomic E-state index is 0.338. The zero-order chi connectivity index (χ0) is 15.1. The number of nitrogens with one attached hydrogen (secondary N) is 1. The molecule has 0 aliphatic carbocycles. The second-order valence-corrected chi connectivity index (χ2v) is 6.04. The molecule has 0 atom stereocenters. The zero-order valence-corrected chi connectivity index (χ0v) is 13.0. The molecule has 0 saturated carbocycles. The average Bonchev–Trinajstić information content (AvgIpc) is 3.10. The van der Waals surface area contributed by atoms with Gasteiger partial charge in [-0.15, -0.1) is 11.3 Å². The van der Waals surface area contributed by atoms with Crippen molar-refractivity contribution in [1.29, 1.82) is 0 Å². The lowest BCUT2D eigenvalue weighted by molar-refractivity contribution is 0.0958. The fourth-order valence-electron chi connectivity index (χ4n) is 2.36. The molecule has 3 aromatic heterocycles. The van der Waals surface area contributed by atoms with E-state index in [1.807, 2.05) is 42.9 Å². The molecule has 1 amide bonds. The Labute approximate surface area is 130 Å². The molecule has 0 aromatic carbocycles. The number of rotatable bonds is 2. The number of hydrazine groups is 1. The molecule has 0 bridgehead atoms. The van der Waals surface area contributed by atoms with Crippen molar-refractivity contribution < 1.29 is 4.79 Å². The Morgan fingerprint density at radius 3 is 2.67 bits per heavy atom. The second kappa shape index (κ2) is 5.14. The monoisotopic (exact) mass is 320 g/mol. The van der Waals surface area contributed by atoms with Gasteiger partial charge in [0.05, 0.1) is 16.4 Å². The van der Waals surface area contributed by atoms with Crippen molar-refractivity contribution in [2.75, 3.05) is 0 Å². The number of aryl methyl sites for hydroxylation is 2. The number of nitrogens with zero attached hydrogens (tertiary/aromatic N) is 2. The first-order valence-corrected chi connectivity index (χ1v) is 7.47. The van der Waals surface area contributed by atoms with Gasteiger partial charge in [0.25, 0.3) is 5.91 Å². The van der Waals surface area contributed by atoms with Gasteiger partial charge in [0.2, 0.25) is 0 Å². The number of hydrogen-bond donors (Lipinski definition) is 2. The van der Waals surface area contributed by atoms with Crippen LogP contribution in [0.4, 0.5) is 0 Å². The van der Waals surface area contributed by atoms with E-state index in [0.717, 1.165) is 27.2 Å². The molecular weight excluding hydrogens is 308 g/mol. The maximum absolute atomic E-state index is 12.1. The molecule has 0 aliphatic heterocycles. The number of fused-ring (bicyclic) bond motifs is 1. The van der Waals surface area contributed by atoms with Crippen molar-refractivity contribution in [1.82, 2.24) is 15.0 Å². The van der Waals surface area contributed by atoms with Crippen LogP contribution < -0.4 is 11.3 Å². The minimum atomic E-state index is -0.338. The van der Waals surface area contributed by atoms with Crippen LogP contribution in [0.1, 0.15) is 20.9 Å². The lowest BCUT2D eigenvalue weighted by atomic mass is 10.1. The first-order chi connectivity index (χ1) is 10.0. The summed E-state index contributed by atoms with van der Waals surface area (Å²) in [6.07, 6.45) is 3.75. The van der Waals surface area contributed by atoms with Gasteiger partial charge in [-0.25, -0.2) is 10.8 Å². The maximum Gasteiger partial charge on any atom is 0.277 e. The molecule has 7 heteroatoms. The van der Waals surface area contributed by atoms with E-state index in [9.17, 15) is 4.79 Å². The summed E-state index contributed by atoms with van der Waals surface area (Å²) in [7, 11) is 0. The standard InChI is InChI=1S/C14H13ClN4OS/c1-7-9-11(19-5-3-4-6-19)12(13(20)18-16)21-14(9)17-8(2)10(7)15/h3-6H,16H2,1-2H3,(H,18,20). The van der Waals surface area contributed by atoms with Gasteiger partial charge >= 0.3 is 0 Å². The highest BCUT2D eigenvalue weighted by Crippen LogP contribution is 2.38. The summed E-state index contributed by atoms with van der Waals surface area (Å²) in [6, 6.07) is 3.79. The van der Waals surface area contributed by atoms with E-state index in [1.165, 1.54) is 11.3 Å². The van der Waals surface area contributed by atoms with Crippen LogP contribution >= 0.6 is 22.9 Å². The second-order valence-electron chi connectivity index (χ2n) is 4.66. The van der Waals surface area contributed by atoms with Crippen LogP contribution in [0.3, 0.4) is 0 Å². The third-order valence-electron chi connectivity index (χ3n) is 3.36. The number of carbonyl (C=O) groups is 1. The molecule has 5 nitrogen and oxygen atoms in total. The molecular formula is C14H13ClN4OS. The third kappa shape index (κ3) is 2.12. The fourth-order valence-corrected chi connectivity index (χ4v) is 3.68. The Bertz CT molecular complexity index is 839. The Hall–Kier alpha value is -1.89. The molecule has 3 N–H and O–H groups in total. The molecule has 0 spiro atoms. The van der Waals surface area contributed by atoms with Gasteiger partial charge < -0.3 is 4.57 Å². The Morgan fingerprint density at radius 2 is 2.05 bits per heavy atom. The number of aromatic nitrogens is 2. The largest absolute Gasteiger partial charge is 0.322 e. The van der Waals surface area contributed by atoms with E-state index < -0.39 is 0 Å². The van der Waals surface area contributed by atoms with E-state index in [2.05, 4.69) is 10.4 Å².